The molecular formula is C26H25N3O3S. The third-order valence-electron chi connectivity index (χ3n) is 5.54. The summed E-state index contributed by atoms with van der Waals surface area (Å²) in [7, 11) is 1.52. The Balaban J connectivity index is 1.50. The molecule has 0 saturated carbocycles. The van der Waals surface area contributed by atoms with Crippen molar-refractivity contribution in [2.75, 3.05) is 12.4 Å². The van der Waals surface area contributed by atoms with E-state index in [-0.39, 0.29) is 11.0 Å². The molecule has 1 heterocycles. The van der Waals surface area contributed by atoms with Gasteiger partial charge >= 0.3 is 0 Å². The maximum Gasteiger partial charge on any atom is 0.261 e. The molecule has 168 valence electrons. The maximum atomic E-state index is 12.6. The van der Waals surface area contributed by atoms with Crippen molar-refractivity contribution in [1.82, 2.24) is 10.3 Å². The van der Waals surface area contributed by atoms with Gasteiger partial charge in [-0.3, -0.25) is 10.1 Å². The molecule has 0 unspecified atom stereocenters. The van der Waals surface area contributed by atoms with E-state index < -0.39 is 0 Å². The van der Waals surface area contributed by atoms with Gasteiger partial charge in [-0.15, -0.1) is 0 Å². The lowest BCUT2D eigenvalue weighted by Crippen LogP contribution is -2.34. The van der Waals surface area contributed by atoms with E-state index in [9.17, 15) is 4.79 Å². The topological polar surface area (TPSA) is 76.4 Å². The number of carbonyl (C=O) groups excluding carboxylic acids is 1. The molecule has 0 aliphatic heterocycles. The van der Waals surface area contributed by atoms with Gasteiger partial charge < -0.3 is 14.5 Å². The number of anilines is 1. The summed E-state index contributed by atoms with van der Waals surface area (Å²) in [5.41, 5.74) is 4.74. The second kappa shape index (κ2) is 9.83. The van der Waals surface area contributed by atoms with Crippen molar-refractivity contribution in [1.29, 1.82) is 0 Å². The quantitative estimate of drug-likeness (QED) is 0.337. The highest BCUT2D eigenvalue weighted by Crippen LogP contribution is 2.29. The van der Waals surface area contributed by atoms with Crippen LogP contribution in [0.2, 0.25) is 0 Å². The first kappa shape index (κ1) is 22.5. The van der Waals surface area contributed by atoms with E-state index in [0.717, 1.165) is 23.1 Å². The normalized spacial score (nSPS) is 11.7. The average molecular weight is 460 g/mol. The van der Waals surface area contributed by atoms with Crippen LogP contribution in [0.1, 0.15) is 42.1 Å². The van der Waals surface area contributed by atoms with Crippen LogP contribution in [0, 0.1) is 0 Å². The molecule has 0 aliphatic rings. The van der Waals surface area contributed by atoms with Crippen LogP contribution < -0.4 is 15.4 Å². The number of fused-ring (bicyclic) bond motifs is 1. The molecule has 7 heteroatoms. The van der Waals surface area contributed by atoms with Crippen molar-refractivity contribution in [2.24, 2.45) is 0 Å². The Labute approximate surface area is 198 Å². The van der Waals surface area contributed by atoms with Crippen LogP contribution in [0.5, 0.6) is 5.75 Å². The maximum absolute atomic E-state index is 12.6. The molecule has 0 spiro atoms. The molecule has 2 N–H and O–H groups in total. The predicted molar refractivity (Wildman–Crippen MR) is 135 cm³/mol. The number of aromatic nitrogens is 1. The number of ether oxygens (including phenoxy) is 1. The number of benzene rings is 3. The fourth-order valence-electron chi connectivity index (χ4n) is 3.51. The number of amides is 1. The van der Waals surface area contributed by atoms with Crippen LogP contribution in [0.15, 0.2) is 71.1 Å². The number of methoxy groups -OCH3 is 1. The van der Waals surface area contributed by atoms with E-state index in [0.29, 0.717) is 28.8 Å². The van der Waals surface area contributed by atoms with Gasteiger partial charge in [-0.25, -0.2) is 4.98 Å². The highest BCUT2D eigenvalue weighted by Gasteiger charge is 2.14. The average Bonchev–Trinajstić information content (AvgIpc) is 3.27. The van der Waals surface area contributed by atoms with Crippen LogP contribution in [-0.2, 0) is 0 Å². The molecule has 4 rings (SSSR count). The molecule has 0 radical (unpaired) electrons. The van der Waals surface area contributed by atoms with Gasteiger partial charge in [0, 0.05) is 11.3 Å². The van der Waals surface area contributed by atoms with Gasteiger partial charge in [0.05, 0.1) is 12.7 Å². The minimum atomic E-state index is -0.350. The minimum Gasteiger partial charge on any atom is -0.496 e. The van der Waals surface area contributed by atoms with Crippen LogP contribution >= 0.6 is 12.2 Å². The molecule has 0 aliphatic carbocycles. The summed E-state index contributed by atoms with van der Waals surface area (Å²) in [5.74, 6) is 1.12. The number of thiocarbonyl (C=S) groups is 1. The summed E-state index contributed by atoms with van der Waals surface area (Å²) in [6, 6.07) is 20.6. The summed E-state index contributed by atoms with van der Waals surface area (Å²) in [5, 5.41) is 5.91. The van der Waals surface area contributed by atoms with E-state index in [2.05, 4.69) is 41.6 Å². The molecule has 4 aromatic rings. The van der Waals surface area contributed by atoms with Crippen LogP contribution in [0.3, 0.4) is 0 Å². The van der Waals surface area contributed by atoms with E-state index in [1.54, 1.807) is 24.3 Å². The standard InChI is InChI=1S/C26H25N3O3S/c1-4-16(2)17-12-13-23-21(15-17)28-25(32-23)18-8-7-9-19(14-18)27-26(33)29-24(30)20-10-5-6-11-22(20)31-3/h5-16H,4H2,1-3H3,(H2,27,29,30,33)/t16-/m0/s1. The molecule has 1 atom stereocenters. The number of rotatable bonds is 6. The molecular weight excluding hydrogens is 434 g/mol. The highest BCUT2D eigenvalue weighted by atomic mass is 32.1. The SMILES string of the molecule is CC[C@H](C)c1ccc2oc(-c3cccc(NC(=S)NC(=O)c4ccccc4OC)c3)nc2c1. The van der Waals surface area contributed by atoms with Crippen molar-refractivity contribution < 1.29 is 13.9 Å². The van der Waals surface area contributed by atoms with E-state index >= 15 is 0 Å². The number of oxazole rings is 1. The van der Waals surface area contributed by atoms with E-state index in [1.165, 1.54) is 12.7 Å². The van der Waals surface area contributed by atoms with Crippen LogP contribution in [0.25, 0.3) is 22.6 Å². The first-order valence-corrected chi connectivity index (χ1v) is 11.2. The largest absolute Gasteiger partial charge is 0.496 e. The molecule has 0 bridgehead atoms. The van der Waals surface area contributed by atoms with E-state index in [4.69, 9.17) is 21.4 Å². The Morgan fingerprint density at radius 3 is 2.73 bits per heavy atom. The van der Waals surface area contributed by atoms with Gasteiger partial charge in [0.2, 0.25) is 5.89 Å². The first-order chi connectivity index (χ1) is 16.0. The van der Waals surface area contributed by atoms with Crippen LogP contribution in [-0.4, -0.2) is 23.1 Å². The molecule has 0 fully saturated rings. The molecule has 33 heavy (non-hydrogen) atoms. The van der Waals surface area contributed by atoms with Crippen molar-refractivity contribution in [2.45, 2.75) is 26.2 Å². The number of hydrogen-bond acceptors (Lipinski definition) is 5. The zero-order valence-corrected chi connectivity index (χ0v) is 19.5. The third kappa shape index (κ3) is 5.04. The van der Waals surface area contributed by atoms with Crippen LogP contribution in [0.4, 0.5) is 5.69 Å². The molecule has 3 aromatic carbocycles. The van der Waals surface area contributed by atoms with Gasteiger partial charge in [0.1, 0.15) is 11.3 Å². The molecule has 6 nitrogen and oxygen atoms in total. The van der Waals surface area contributed by atoms with Crippen molar-refractivity contribution >= 4 is 40.0 Å². The summed E-state index contributed by atoms with van der Waals surface area (Å²) in [6.45, 7) is 4.37. The predicted octanol–water partition coefficient (Wildman–Crippen LogP) is 6.14. The van der Waals surface area contributed by atoms with Gasteiger partial charge in [0.15, 0.2) is 10.7 Å². The minimum absolute atomic E-state index is 0.179. The van der Waals surface area contributed by atoms with Gasteiger partial charge in [-0.1, -0.05) is 38.1 Å². The Morgan fingerprint density at radius 2 is 1.94 bits per heavy atom. The lowest BCUT2D eigenvalue weighted by molar-refractivity contribution is 0.0975. The second-order valence-corrected chi connectivity index (χ2v) is 8.15. The fraction of sp³-hybridized carbons (Fsp3) is 0.192. The molecule has 1 aromatic heterocycles. The Hall–Kier alpha value is -3.71. The van der Waals surface area contributed by atoms with Gasteiger partial charge in [-0.05, 0) is 72.6 Å². The number of carbonyl (C=O) groups is 1. The van der Waals surface area contributed by atoms with Gasteiger partial charge in [0.25, 0.3) is 5.91 Å². The zero-order valence-electron chi connectivity index (χ0n) is 18.7. The summed E-state index contributed by atoms with van der Waals surface area (Å²) < 4.78 is 11.2. The monoisotopic (exact) mass is 459 g/mol. The molecule has 0 saturated heterocycles. The Bertz CT molecular complexity index is 1320. The summed E-state index contributed by atoms with van der Waals surface area (Å²) in [4.78, 5) is 17.2. The molecule has 1 amide bonds. The Morgan fingerprint density at radius 1 is 1.12 bits per heavy atom. The van der Waals surface area contributed by atoms with Crippen molar-refractivity contribution in [3.63, 3.8) is 0 Å². The lowest BCUT2D eigenvalue weighted by atomic mass is 9.98. The van der Waals surface area contributed by atoms with Crippen molar-refractivity contribution in [3.8, 4) is 17.2 Å². The number of hydrogen-bond donors (Lipinski definition) is 2. The number of nitrogens with one attached hydrogen (secondary N) is 2. The second-order valence-electron chi connectivity index (χ2n) is 7.74. The number of nitrogens with zero attached hydrogens (tertiary/aromatic N) is 1. The van der Waals surface area contributed by atoms with Gasteiger partial charge in [-0.2, -0.15) is 0 Å². The fourth-order valence-corrected chi connectivity index (χ4v) is 3.72. The zero-order chi connectivity index (χ0) is 23.4. The lowest BCUT2D eigenvalue weighted by Gasteiger charge is -2.12. The number of para-hydroxylation sites is 1. The summed E-state index contributed by atoms with van der Waals surface area (Å²) >= 11 is 5.33. The highest BCUT2D eigenvalue weighted by molar-refractivity contribution is 7.80. The van der Waals surface area contributed by atoms with Crippen molar-refractivity contribution in [3.05, 3.63) is 77.9 Å². The first-order valence-electron chi connectivity index (χ1n) is 10.7. The smallest absolute Gasteiger partial charge is 0.261 e. The summed E-state index contributed by atoms with van der Waals surface area (Å²) in [6.07, 6.45) is 1.07. The third-order valence-corrected chi connectivity index (χ3v) is 5.74. The Kier molecular flexibility index (Phi) is 6.70. The van der Waals surface area contributed by atoms with E-state index in [1.807, 2.05) is 30.3 Å².